The van der Waals surface area contributed by atoms with Crippen LogP contribution in [0.25, 0.3) is 0 Å². The lowest BCUT2D eigenvalue weighted by Gasteiger charge is -2.09. The molecule has 1 saturated heterocycles. The largest absolute Gasteiger partial charge is 0.504 e. The normalized spacial score (nSPS) is 18.8. The highest BCUT2D eigenvalue weighted by atomic mass is 32.2. The molecule has 1 heterocycles. The summed E-state index contributed by atoms with van der Waals surface area (Å²) in [5.41, 5.74) is 0.262. The van der Waals surface area contributed by atoms with Gasteiger partial charge in [0.25, 0.3) is 0 Å². The molecule has 1 fully saturated rings. The van der Waals surface area contributed by atoms with Crippen LogP contribution in [-0.4, -0.2) is 52.9 Å². The van der Waals surface area contributed by atoms with Crippen LogP contribution in [-0.2, 0) is 9.59 Å². The fourth-order valence-corrected chi connectivity index (χ4v) is 2.84. The van der Waals surface area contributed by atoms with Crippen LogP contribution in [0.2, 0.25) is 0 Å². The maximum Gasteiger partial charge on any atom is 0.305 e. The Balaban J connectivity index is 2.17. The van der Waals surface area contributed by atoms with Crippen molar-refractivity contribution in [3.63, 3.8) is 0 Å². The molecule has 0 saturated carbocycles. The van der Waals surface area contributed by atoms with Gasteiger partial charge in [-0.1, -0.05) is 11.8 Å². The van der Waals surface area contributed by atoms with Crippen LogP contribution >= 0.6 is 11.8 Å². The highest BCUT2D eigenvalue weighted by Crippen LogP contribution is 2.35. The summed E-state index contributed by atoms with van der Waals surface area (Å²) in [5, 5.41) is 28.3. The molecule has 1 amide bonds. The van der Waals surface area contributed by atoms with Gasteiger partial charge in [0.15, 0.2) is 16.7 Å². The van der Waals surface area contributed by atoms with E-state index in [9.17, 15) is 14.7 Å². The maximum atomic E-state index is 11.6. The van der Waals surface area contributed by atoms with E-state index < -0.39 is 17.1 Å². The van der Waals surface area contributed by atoms with Crippen LogP contribution < -0.4 is 14.8 Å². The minimum absolute atomic E-state index is 0.160. The third-order valence-electron chi connectivity index (χ3n) is 3.05. The quantitative estimate of drug-likeness (QED) is 0.509. The third-order valence-corrected chi connectivity index (χ3v) is 4.12. The number of phenols is 1. The lowest BCUT2D eigenvalue weighted by atomic mass is 10.2. The van der Waals surface area contributed by atoms with Crippen molar-refractivity contribution >= 4 is 35.0 Å². The average molecular weight is 353 g/mol. The van der Waals surface area contributed by atoms with Crippen LogP contribution in [0.3, 0.4) is 0 Å². The summed E-state index contributed by atoms with van der Waals surface area (Å²) in [4.78, 5) is 22.2. The fraction of sp³-hybridized carbons (Fsp3) is 0.286. The maximum absolute atomic E-state index is 11.6. The number of amides is 1. The molecule has 0 radical (unpaired) electrons. The van der Waals surface area contributed by atoms with E-state index >= 15 is 0 Å². The number of carbonyl (C=O) groups excluding carboxylic acids is 1. The zero-order valence-corrected chi connectivity index (χ0v) is 13.7. The smallest absolute Gasteiger partial charge is 0.305 e. The molecule has 0 bridgehead atoms. The number of ether oxygens (including phenoxy) is 2. The first-order valence-electron chi connectivity index (χ1n) is 6.70. The lowest BCUT2D eigenvalue weighted by Crippen LogP contribution is -2.26. The number of carboxylic acid groups (broad SMARTS) is 1. The molecule has 0 aliphatic carbocycles. The summed E-state index contributed by atoms with van der Waals surface area (Å²) in [5.74, 6) is -1.05. The minimum Gasteiger partial charge on any atom is -0.504 e. The Labute approximate surface area is 141 Å². The van der Waals surface area contributed by atoms with E-state index in [4.69, 9.17) is 14.6 Å². The van der Waals surface area contributed by atoms with Crippen molar-refractivity contribution in [2.24, 2.45) is 10.2 Å². The first kappa shape index (κ1) is 17.6. The zero-order chi connectivity index (χ0) is 17.7. The molecule has 0 spiro atoms. The number of nitrogens with zero attached hydrogens (tertiary/aromatic N) is 2. The molecule has 1 unspecified atom stereocenters. The van der Waals surface area contributed by atoms with Crippen LogP contribution in [0.5, 0.6) is 17.2 Å². The number of rotatable bonds is 6. The summed E-state index contributed by atoms with van der Waals surface area (Å²) in [7, 11) is 2.85. The Morgan fingerprint density at radius 3 is 2.67 bits per heavy atom. The molecule has 1 aromatic carbocycles. The van der Waals surface area contributed by atoms with Crippen LogP contribution in [0, 0.1) is 0 Å². The number of thioether (sulfide) groups is 1. The van der Waals surface area contributed by atoms with E-state index in [2.05, 4.69) is 15.5 Å². The van der Waals surface area contributed by atoms with E-state index in [-0.39, 0.29) is 28.7 Å². The minimum atomic E-state index is -1.07. The van der Waals surface area contributed by atoms with E-state index in [1.54, 1.807) is 12.1 Å². The highest BCUT2D eigenvalue weighted by molar-refractivity contribution is 8.15. The number of aliphatic carboxylic acids is 1. The van der Waals surface area contributed by atoms with Crippen molar-refractivity contribution < 1.29 is 29.3 Å². The number of phenolic OH excluding ortho intramolecular Hbond substituents is 1. The molecule has 1 aromatic rings. The summed E-state index contributed by atoms with van der Waals surface area (Å²) >= 11 is 0.980. The first-order valence-corrected chi connectivity index (χ1v) is 7.58. The van der Waals surface area contributed by atoms with Crippen LogP contribution in [0.4, 0.5) is 0 Å². The van der Waals surface area contributed by atoms with Gasteiger partial charge >= 0.3 is 5.97 Å². The van der Waals surface area contributed by atoms with Gasteiger partial charge in [0.1, 0.15) is 11.0 Å². The van der Waals surface area contributed by atoms with E-state index in [0.29, 0.717) is 5.75 Å². The Morgan fingerprint density at radius 1 is 1.38 bits per heavy atom. The summed E-state index contributed by atoms with van der Waals surface area (Å²) in [6, 6.07) is 3.14. The van der Waals surface area contributed by atoms with Crippen LogP contribution in [0.1, 0.15) is 12.0 Å². The molecule has 1 atom stereocenters. The summed E-state index contributed by atoms with van der Waals surface area (Å²) in [6.07, 6.45) is 0.949. The highest BCUT2D eigenvalue weighted by Gasteiger charge is 2.32. The molecule has 3 N–H and O–H groups in total. The van der Waals surface area contributed by atoms with Crippen LogP contribution in [0.15, 0.2) is 22.3 Å². The Hall–Kier alpha value is -2.75. The van der Waals surface area contributed by atoms with Gasteiger partial charge in [0.05, 0.1) is 32.4 Å². The van der Waals surface area contributed by atoms with Crippen molar-refractivity contribution in [2.75, 3.05) is 14.2 Å². The predicted octanol–water partition coefficient (Wildman–Crippen LogP) is 0.806. The third kappa shape index (κ3) is 3.96. The van der Waals surface area contributed by atoms with Gasteiger partial charge in [-0.25, -0.2) is 0 Å². The van der Waals surface area contributed by atoms with Gasteiger partial charge in [-0.05, 0) is 12.1 Å². The molecule has 128 valence electrons. The topological polar surface area (TPSA) is 130 Å². The number of nitrogens with one attached hydrogen (secondary N) is 1. The molecule has 2 rings (SSSR count). The van der Waals surface area contributed by atoms with Gasteiger partial charge in [0.2, 0.25) is 5.91 Å². The number of hydrogen-bond donors (Lipinski definition) is 3. The Bertz CT molecular complexity index is 719. The lowest BCUT2D eigenvalue weighted by molar-refractivity contribution is -0.138. The van der Waals surface area contributed by atoms with Gasteiger partial charge < -0.3 is 25.0 Å². The Kier molecular flexibility index (Phi) is 5.64. The van der Waals surface area contributed by atoms with Gasteiger partial charge in [-0.3, -0.25) is 9.59 Å². The predicted molar refractivity (Wildman–Crippen MR) is 88.0 cm³/mol. The van der Waals surface area contributed by atoms with Crippen molar-refractivity contribution in [1.82, 2.24) is 5.32 Å². The summed E-state index contributed by atoms with van der Waals surface area (Å²) < 4.78 is 10.1. The van der Waals surface area contributed by atoms with Crippen molar-refractivity contribution in [3.8, 4) is 17.2 Å². The number of carboxylic acids is 1. The zero-order valence-electron chi connectivity index (χ0n) is 12.8. The molecule has 9 nitrogen and oxygen atoms in total. The van der Waals surface area contributed by atoms with Crippen molar-refractivity contribution in [2.45, 2.75) is 11.7 Å². The number of benzene rings is 1. The van der Waals surface area contributed by atoms with E-state index in [0.717, 1.165) is 11.8 Å². The Morgan fingerprint density at radius 2 is 2.04 bits per heavy atom. The summed E-state index contributed by atoms with van der Waals surface area (Å²) in [6.45, 7) is 0. The second-order valence-electron chi connectivity index (χ2n) is 4.58. The fourth-order valence-electron chi connectivity index (χ4n) is 1.92. The standard InChI is InChI=1S/C14H15N3O6S/c1-22-8-3-4-9(23-2)12(20)7(8)6-15-17-14-16-13(21)10(24-14)5-11(18)19/h3-4,6,10,20H,5H2,1-2H3,(H,18,19)(H,16,17,21). The molecular weight excluding hydrogens is 338 g/mol. The van der Waals surface area contributed by atoms with Gasteiger partial charge in [-0.2, -0.15) is 5.10 Å². The number of aromatic hydroxyl groups is 1. The average Bonchev–Trinajstić information content (AvgIpc) is 2.88. The second-order valence-corrected chi connectivity index (χ2v) is 5.77. The molecule has 10 heteroatoms. The van der Waals surface area contributed by atoms with Crippen molar-refractivity contribution in [1.29, 1.82) is 0 Å². The number of methoxy groups -OCH3 is 2. The van der Waals surface area contributed by atoms with Gasteiger partial charge in [0, 0.05) is 0 Å². The van der Waals surface area contributed by atoms with Crippen molar-refractivity contribution in [3.05, 3.63) is 17.7 Å². The van der Waals surface area contributed by atoms with E-state index in [1.807, 2.05) is 0 Å². The number of amidine groups is 1. The second kappa shape index (κ2) is 7.68. The first-order chi connectivity index (χ1) is 11.5. The number of carbonyl (C=O) groups is 2. The monoisotopic (exact) mass is 353 g/mol. The molecule has 24 heavy (non-hydrogen) atoms. The SMILES string of the molecule is COc1ccc(OC)c(C=NN=C2NC(=O)C(CC(=O)O)S2)c1O. The van der Waals surface area contributed by atoms with Gasteiger partial charge in [-0.15, -0.1) is 5.10 Å². The number of hydrogen-bond acceptors (Lipinski definition) is 8. The molecular formula is C14H15N3O6S. The molecule has 1 aliphatic rings. The van der Waals surface area contributed by atoms with E-state index in [1.165, 1.54) is 20.4 Å². The molecule has 0 aromatic heterocycles. The molecule has 1 aliphatic heterocycles.